The average Bonchev–Trinajstić information content (AvgIpc) is 3.52. The third-order valence-electron chi connectivity index (χ3n) is 7.95. The molecule has 3 fully saturated rings. The summed E-state index contributed by atoms with van der Waals surface area (Å²) in [6.07, 6.45) is 5.62. The number of imidazole rings is 1. The van der Waals surface area contributed by atoms with Crippen molar-refractivity contribution >= 4 is 5.91 Å². The number of benzene rings is 1. The number of rotatable bonds is 4. The van der Waals surface area contributed by atoms with Crippen LogP contribution in [0.25, 0.3) is 22.6 Å². The van der Waals surface area contributed by atoms with Crippen LogP contribution in [0, 0.1) is 12.3 Å². The van der Waals surface area contributed by atoms with Crippen LogP contribution in [0.1, 0.15) is 50.0 Å². The summed E-state index contributed by atoms with van der Waals surface area (Å²) in [5.41, 5.74) is 4.39. The number of hydrogen-bond donors (Lipinski definition) is 2. The average molecular weight is 445 g/mol. The molecule has 2 bridgehead atoms. The first-order chi connectivity index (χ1) is 16.0. The first kappa shape index (κ1) is 20.3. The summed E-state index contributed by atoms with van der Waals surface area (Å²) < 4.78 is 11.1. The lowest BCUT2D eigenvalue weighted by Crippen LogP contribution is -2.51. The molecule has 3 aromatic rings. The molecule has 7 heteroatoms. The molecule has 7 rings (SSSR count). The number of aromatic nitrogens is 3. The lowest BCUT2D eigenvalue weighted by atomic mass is 9.53. The number of pyridine rings is 1. The molecule has 170 valence electrons. The van der Waals surface area contributed by atoms with Crippen LogP contribution in [0.3, 0.4) is 0 Å². The Balaban J connectivity index is 1.43. The van der Waals surface area contributed by atoms with E-state index in [-0.39, 0.29) is 23.5 Å². The Hall–Kier alpha value is -3.35. The molecule has 4 aliphatic rings. The molecule has 1 aromatic carbocycles. The number of nitrogens with one attached hydrogen (secondary N) is 2. The Morgan fingerprint density at radius 2 is 1.76 bits per heavy atom. The van der Waals surface area contributed by atoms with Crippen molar-refractivity contribution in [1.82, 2.24) is 20.3 Å². The van der Waals surface area contributed by atoms with Gasteiger partial charge in [0.1, 0.15) is 5.82 Å². The van der Waals surface area contributed by atoms with Crippen molar-refractivity contribution in [1.29, 1.82) is 0 Å². The summed E-state index contributed by atoms with van der Waals surface area (Å²) in [6, 6.07) is 12.0. The minimum absolute atomic E-state index is 0.0249. The van der Waals surface area contributed by atoms with Gasteiger partial charge in [-0.15, -0.1) is 0 Å². The normalized spacial score (nSPS) is 25.3. The quantitative estimate of drug-likeness (QED) is 0.618. The Morgan fingerprint density at radius 3 is 2.48 bits per heavy atom. The molecule has 1 aliphatic heterocycles. The minimum Gasteiger partial charge on any atom is -0.454 e. The van der Waals surface area contributed by atoms with E-state index in [1.807, 2.05) is 43.3 Å². The van der Waals surface area contributed by atoms with Gasteiger partial charge < -0.3 is 19.8 Å². The van der Waals surface area contributed by atoms with Gasteiger partial charge in [0.05, 0.1) is 17.1 Å². The van der Waals surface area contributed by atoms with E-state index in [1.54, 1.807) is 7.05 Å². The molecular weight excluding hydrogens is 416 g/mol. The highest BCUT2D eigenvalue weighted by Gasteiger charge is 2.54. The van der Waals surface area contributed by atoms with E-state index in [2.05, 4.69) is 10.3 Å². The summed E-state index contributed by atoms with van der Waals surface area (Å²) in [6.45, 7) is 2.24. The van der Waals surface area contributed by atoms with Gasteiger partial charge in [-0.2, -0.15) is 0 Å². The molecule has 0 atom stereocenters. The van der Waals surface area contributed by atoms with Crippen LogP contribution >= 0.6 is 0 Å². The van der Waals surface area contributed by atoms with Gasteiger partial charge in [-0.05, 0) is 75.8 Å². The van der Waals surface area contributed by atoms with Crippen molar-refractivity contribution < 1.29 is 14.3 Å². The van der Waals surface area contributed by atoms with Gasteiger partial charge in [0.2, 0.25) is 12.7 Å². The molecular formula is C26H28N4O3. The maximum absolute atomic E-state index is 12.6. The zero-order chi connectivity index (χ0) is 22.6. The minimum atomic E-state index is -0.204. The molecule has 0 radical (unpaired) electrons. The zero-order valence-electron chi connectivity index (χ0n) is 19.0. The number of aromatic amines is 1. The van der Waals surface area contributed by atoms with Gasteiger partial charge in [-0.3, -0.25) is 9.78 Å². The lowest BCUT2D eigenvalue weighted by molar-refractivity contribution is -0.137. The Morgan fingerprint density at radius 1 is 1.00 bits per heavy atom. The third kappa shape index (κ3) is 3.13. The Bertz CT molecular complexity index is 1220. The number of nitrogens with zero attached hydrogens (tertiary/aromatic N) is 2. The van der Waals surface area contributed by atoms with Gasteiger partial charge in [-0.25, -0.2) is 4.98 Å². The topological polar surface area (TPSA) is 89.1 Å². The molecule has 3 aliphatic carbocycles. The molecule has 1 amide bonds. The van der Waals surface area contributed by atoms with Crippen LogP contribution in [0.15, 0.2) is 36.4 Å². The lowest BCUT2D eigenvalue weighted by Gasteiger charge is -2.51. The van der Waals surface area contributed by atoms with E-state index in [1.165, 1.54) is 0 Å². The van der Waals surface area contributed by atoms with Crippen molar-refractivity contribution in [3.63, 3.8) is 0 Å². The summed E-state index contributed by atoms with van der Waals surface area (Å²) in [5.74, 6) is 2.71. The Kier molecular flexibility index (Phi) is 4.50. The molecule has 0 saturated heterocycles. The van der Waals surface area contributed by atoms with Crippen LogP contribution < -0.4 is 14.8 Å². The highest BCUT2D eigenvalue weighted by atomic mass is 16.7. The SMILES string of the molecule is CNC(=O)C12CCC(c3nc(-c4ccc5c(c4)OCO5)c(-c4cccc(C)n4)[nH]3)(CC1)CC2. The van der Waals surface area contributed by atoms with Crippen molar-refractivity contribution in [3.8, 4) is 34.1 Å². The second kappa shape index (κ2) is 7.33. The fourth-order valence-corrected chi connectivity index (χ4v) is 5.89. The Labute approximate surface area is 192 Å². The van der Waals surface area contributed by atoms with E-state index < -0.39 is 0 Å². The van der Waals surface area contributed by atoms with Crippen LogP contribution in [0.4, 0.5) is 0 Å². The second-order valence-corrected chi connectivity index (χ2v) is 9.68. The second-order valence-electron chi connectivity index (χ2n) is 9.68. The highest BCUT2D eigenvalue weighted by molar-refractivity contribution is 5.83. The largest absolute Gasteiger partial charge is 0.454 e. The van der Waals surface area contributed by atoms with E-state index >= 15 is 0 Å². The fraction of sp³-hybridized carbons (Fsp3) is 0.423. The predicted octanol–water partition coefficient (Wildman–Crippen LogP) is 4.51. The standard InChI is InChI=1S/C26H28N4O3/c1-16-4-3-5-18(28-16)22-21(17-6-7-19-20(14-17)33-15-32-19)29-23(30-22)25-8-11-26(12-9-25,13-10-25)24(31)27-2/h3-7,14H,8-13,15H2,1-2H3,(H,27,31)(H,29,30). The molecule has 33 heavy (non-hydrogen) atoms. The van der Waals surface area contributed by atoms with E-state index in [0.717, 1.165) is 84.2 Å². The highest BCUT2D eigenvalue weighted by Crippen LogP contribution is 2.57. The summed E-state index contributed by atoms with van der Waals surface area (Å²) >= 11 is 0. The van der Waals surface area contributed by atoms with Gasteiger partial charge in [0, 0.05) is 29.1 Å². The smallest absolute Gasteiger partial charge is 0.231 e. The number of aryl methyl sites for hydroxylation is 1. The van der Waals surface area contributed by atoms with Crippen molar-refractivity contribution in [3.05, 3.63) is 47.9 Å². The molecule has 3 heterocycles. The third-order valence-corrected chi connectivity index (χ3v) is 7.95. The molecule has 7 nitrogen and oxygen atoms in total. The van der Waals surface area contributed by atoms with Gasteiger partial charge >= 0.3 is 0 Å². The maximum atomic E-state index is 12.6. The molecule has 3 saturated carbocycles. The van der Waals surface area contributed by atoms with Gasteiger partial charge in [0.25, 0.3) is 0 Å². The molecule has 0 unspecified atom stereocenters. The molecule has 0 spiro atoms. The molecule has 2 aromatic heterocycles. The van der Waals surface area contributed by atoms with Crippen LogP contribution in [-0.4, -0.2) is 34.7 Å². The van der Waals surface area contributed by atoms with E-state index in [9.17, 15) is 4.79 Å². The van der Waals surface area contributed by atoms with Crippen molar-refractivity contribution in [2.45, 2.75) is 50.9 Å². The van der Waals surface area contributed by atoms with Gasteiger partial charge in [-0.1, -0.05) is 6.07 Å². The number of fused-ring (bicyclic) bond motifs is 4. The zero-order valence-corrected chi connectivity index (χ0v) is 19.0. The van der Waals surface area contributed by atoms with E-state index in [0.29, 0.717) is 0 Å². The summed E-state index contributed by atoms with van der Waals surface area (Å²) in [7, 11) is 1.75. The monoisotopic (exact) mass is 444 g/mol. The summed E-state index contributed by atoms with van der Waals surface area (Å²) in [4.78, 5) is 26.2. The number of amides is 1. The van der Waals surface area contributed by atoms with Crippen LogP contribution in [0.5, 0.6) is 11.5 Å². The van der Waals surface area contributed by atoms with Crippen LogP contribution in [0.2, 0.25) is 0 Å². The number of carbonyl (C=O) groups excluding carboxylic acids is 1. The van der Waals surface area contributed by atoms with Crippen molar-refractivity contribution in [2.24, 2.45) is 5.41 Å². The molecule has 2 N–H and O–H groups in total. The predicted molar refractivity (Wildman–Crippen MR) is 124 cm³/mol. The number of carbonyl (C=O) groups is 1. The summed E-state index contributed by atoms with van der Waals surface area (Å²) in [5, 5.41) is 2.89. The first-order valence-electron chi connectivity index (χ1n) is 11.7. The number of H-pyrrole nitrogens is 1. The number of hydrogen-bond acceptors (Lipinski definition) is 5. The van der Waals surface area contributed by atoms with Crippen LogP contribution in [-0.2, 0) is 10.2 Å². The van der Waals surface area contributed by atoms with Gasteiger partial charge in [0.15, 0.2) is 11.5 Å². The fourth-order valence-electron chi connectivity index (χ4n) is 5.89. The number of ether oxygens (including phenoxy) is 2. The first-order valence-corrected chi connectivity index (χ1v) is 11.7. The van der Waals surface area contributed by atoms with E-state index in [4.69, 9.17) is 19.4 Å². The van der Waals surface area contributed by atoms with Crippen molar-refractivity contribution in [2.75, 3.05) is 13.8 Å². The maximum Gasteiger partial charge on any atom is 0.231 e.